The van der Waals surface area contributed by atoms with E-state index in [0.29, 0.717) is 27.9 Å². The van der Waals surface area contributed by atoms with Crippen LogP contribution in [-0.2, 0) is 22.6 Å². The van der Waals surface area contributed by atoms with Gasteiger partial charge in [0.05, 0.1) is 6.42 Å². The minimum Gasteiger partial charge on any atom is -0.461 e. The van der Waals surface area contributed by atoms with E-state index in [1.807, 2.05) is 24.3 Å². The molecule has 0 amide bonds. The summed E-state index contributed by atoms with van der Waals surface area (Å²) in [6.45, 7) is -0.0918. The Kier molecular flexibility index (Phi) is 4.71. The normalized spacial score (nSPS) is 10.9. The van der Waals surface area contributed by atoms with Crippen LogP contribution in [0, 0.1) is 5.82 Å². The molecule has 0 bridgehead atoms. The van der Waals surface area contributed by atoms with Gasteiger partial charge in [-0.15, -0.1) is 0 Å². The number of carbonyl (C=O) groups excluding carboxylic acids is 1. The molecule has 0 radical (unpaired) electrons. The van der Waals surface area contributed by atoms with Crippen LogP contribution in [0.25, 0.3) is 11.1 Å². The van der Waals surface area contributed by atoms with E-state index in [1.54, 1.807) is 12.1 Å². The van der Waals surface area contributed by atoms with Crippen molar-refractivity contribution in [3.05, 3.63) is 64.2 Å². The topological polar surface area (TPSA) is 52.3 Å². The number of carbonyl (C=O) groups is 1. The number of hydrogen-bond acceptors (Lipinski definition) is 4. The lowest BCUT2D eigenvalue weighted by atomic mass is 10.2. The highest BCUT2D eigenvalue weighted by atomic mass is 79.9. The molecule has 23 heavy (non-hydrogen) atoms. The highest BCUT2D eigenvalue weighted by Crippen LogP contribution is 2.17. The van der Waals surface area contributed by atoms with E-state index in [0.717, 1.165) is 5.52 Å². The molecule has 1 aromatic heterocycles. The Balaban J connectivity index is 1.53. The molecule has 118 valence electrons. The first kappa shape index (κ1) is 15.7. The van der Waals surface area contributed by atoms with Crippen LogP contribution in [0.15, 0.2) is 51.4 Å². The number of aromatic nitrogens is 1. The Labute approximate surface area is 140 Å². The standard InChI is InChI=1S/C17H13BrFNO3/c18-12-6-5-11(13(19)9-12)10-22-17(21)8-7-16-20-14-3-1-2-4-15(14)23-16/h1-6,9H,7-8,10H2. The van der Waals surface area contributed by atoms with Crippen molar-refractivity contribution < 1.29 is 18.3 Å². The number of esters is 1. The zero-order chi connectivity index (χ0) is 16.2. The Morgan fingerprint density at radius 1 is 1.26 bits per heavy atom. The van der Waals surface area contributed by atoms with Crippen LogP contribution in [0.5, 0.6) is 0 Å². The Hall–Kier alpha value is -2.21. The van der Waals surface area contributed by atoms with E-state index in [1.165, 1.54) is 6.07 Å². The smallest absolute Gasteiger partial charge is 0.306 e. The molecule has 0 aliphatic rings. The Morgan fingerprint density at radius 3 is 2.87 bits per heavy atom. The summed E-state index contributed by atoms with van der Waals surface area (Å²) in [6.07, 6.45) is 0.474. The number of benzene rings is 2. The van der Waals surface area contributed by atoms with E-state index in [9.17, 15) is 9.18 Å². The van der Waals surface area contributed by atoms with Crippen LogP contribution in [0.3, 0.4) is 0 Å². The van der Waals surface area contributed by atoms with Crippen molar-refractivity contribution >= 4 is 33.0 Å². The Bertz CT molecular complexity index is 814. The molecule has 6 heteroatoms. The number of oxazole rings is 1. The molecular weight excluding hydrogens is 365 g/mol. The SMILES string of the molecule is O=C(CCc1nc2ccccc2o1)OCc1ccc(Br)cc1F. The maximum absolute atomic E-state index is 13.6. The summed E-state index contributed by atoms with van der Waals surface area (Å²) in [6, 6.07) is 12.0. The van der Waals surface area contributed by atoms with Crippen molar-refractivity contribution in [3.63, 3.8) is 0 Å². The quantitative estimate of drug-likeness (QED) is 0.618. The summed E-state index contributed by atoms with van der Waals surface area (Å²) in [5.74, 6) is -0.348. The third-order valence-electron chi connectivity index (χ3n) is 3.28. The van der Waals surface area contributed by atoms with Crippen molar-refractivity contribution in [2.24, 2.45) is 0 Å². The summed E-state index contributed by atoms with van der Waals surface area (Å²) in [7, 11) is 0. The predicted octanol–water partition coefficient (Wildman–Crippen LogP) is 4.41. The van der Waals surface area contributed by atoms with Gasteiger partial charge in [-0.1, -0.05) is 34.1 Å². The molecule has 0 atom stereocenters. The van der Waals surface area contributed by atoms with Gasteiger partial charge in [-0.05, 0) is 24.3 Å². The lowest BCUT2D eigenvalue weighted by Crippen LogP contribution is -2.07. The van der Waals surface area contributed by atoms with Crippen molar-refractivity contribution in [1.29, 1.82) is 0 Å². The van der Waals surface area contributed by atoms with Crippen LogP contribution in [0.1, 0.15) is 17.9 Å². The molecule has 0 N–H and O–H groups in total. The molecule has 0 aliphatic heterocycles. The second kappa shape index (κ2) is 6.91. The average Bonchev–Trinajstić information content (AvgIpc) is 2.95. The van der Waals surface area contributed by atoms with Gasteiger partial charge >= 0.3 is 5.97 Å². The molecule has 0 saturated carbocycles. The fraction of sp³-hybridized carbons (Fsp3) is 0.176. The fourth-order valence-corrected chi connectivity index (χ4v) is 2.44. The number of nitrogens with zero attached hydrogens (tertiary/aromatic N) is 1. The molecule has 0 fully saturated rings. The third kappa shape index (κ3) is 3.96. The lowest BCUT2D eigenvalue weighted by molar-refractivity contribution is -0.145. The maximum atomic E-state index is 13.6. The lowest BCUT2D eigenvalue weighted by Gasteiger charge is -2.05. The van der Waals surface area contributed by atoms with Gasteiger partial charge in [-0.3, -0.25) is 4.79 Å². The van der Waals surface area contributed by atoms with Gasteiger partial charge < -0.3 is 9.15 Å². The van der Waals surface area contributed by atoms with Crippen LogP contribution in [-0.4, -0.2) is 11.0 Å². The monoisotopic (exact) mass is 377 g/mol. The van der Waals surface area contributed by atoms with Gasteiger partial charge in [-0.2, -0.15) is 0 Å². The number of hydrogen-bond donors (Lipinski definition) is 0. The number of para-hydroxylation sites is 2. The molecule has 1 heterocycles. The molecule has 4 nitrogen and oxygen atoms in total. The molecule has 0 unspecified atom stereocenters. The molecule has 3 rings (SSSR count). The van der Waals surface area contributed by atoms with Gasteiger partial charge in [0, 0.05) is 16.5 Å². The third-order valence-corrected chi connectivity index (χ3v) is 3.78. The highest BCUT2D eigenvalue weighted by molar-refractivity contribution is 9.10. The molecule has 2 aromatic carbocycles. The molecule has 0 aliphatic carbocycles. The van der Waals surface area contributed by atoms with Gasteiger partial charge in [0.1, 0.15) is 17.9 Å². The van der Waals surface area contributed by atoms with Crippen molar-refractivity contribution in [2.45, 2.75) is 19.4 Å². The van der Waals surface area contributed by atoms with E-state index < -0.39 is 11.8 Å². The van der Waals surface area contributed by atoms with Gasteiger partial charge in [0.15, 0.2) is 11.5 Å². The van der Waals surface area contributed by atoms with E-state index in [-0.39, 0.29) is 13.0 Å². The summed E-state index contributed by atoms with van der Waals surface area (Å²) in [4.78, 5) is 16.0. The first-order valence-corrected chi connectivity index (χ1v) is 7.85. The van der Waals surface area contributed by atoms with Crippen LogP contribution >= 0.6 is 15.9 Å². The molecule has 0 spiro atoms. The minimum atomic E-state index is -0.422. The zero-order valence-electron chi connectivity index (χ0n) is 12.1. The maximum Gasteiger partial charge on any atom is 0.306 e. The van der Waals surface area contributed by atoms with Crippen LogP contribution in [0.4, 0.5) is 4.39 Å². The second-order valence-corrected chi connectivity index (χ2v) is 5.89. The van der Waals surface area contributed by atoms with Crippen molar-refractivity contribution in [3.8, 4) is 0 Å². The number of ether oxygens (including phenoxy) is 1. The second-order valence-electron chi connectivity index (χ2n) is 4.97. The van der Waals surface area contributed by atoms with E-state index >= 15 is 0 Å². The van der Waals surface area contributed by atoms with Gasteiger partial charge in [-0.25, -0.2) is 9.37 Å². The summed E-state index contributed by atoms with van der Waals surface area (Å²) in [5, 5.41) is 0. The first-order chi connectivity index (χ1) is 11.1. The molecular formula is C17H13BrFNO3. The summed E-state index contributed by atoms with van der Waals surface area (Å²) in [5.41, 5.74) is 1.78. The molecule has 0 saturated heterocycles. The molecule has 3 aromatic rings. The Morgan fingerprint density at radius 2 is 2.09 bits per heavy atom. The summed E-state index contributed by atoms with van der Waals surface area (Å²) < 4.78 is 24.9. The number of halogens is 2. The van der Waals surface area contributed by atoms with E-state index in [4.69, 9.17) is 9.15 Å². The largest absolute Gasteiger partial charge is 0.461 e. The average molecular weight is 378 g/mol. The van der Waals surface area contributed by atoms with Crippen LogP contribution in [0.2, 0.25) is 0 Å². The first-order valence-electron chi connectivity index (χ1n) is 7.06. The van der Waals surface area contributed by atoms with Gasteiger partial charge in [0.25, 0.3) is 0 Å². The van der Waals surface area contributed by atoms with E-state index in [2.05, 4.69) is 20.9 Å². The zero-order valence-corrected chi connectivity index (χ0v) is 13.7. The number of fused-ring (bicyclic) bond motifs is 1. The number of aryl methyl sites for hydroxylation is 1. The minimum absolute atomic E-state index is 0.0918. The van der Waals surface area contributed by atoms with Gasteiger partial charge in [0.2, 0.25) is 0 Å². The number of rotatable bonds is 5. The highest BCUT2D eigenvalue weighted by Gasteiger charge is 2.11. The predicted molar refractivity (Wildman–Crippen MR) is 86.2 cm³/mol. The van der Waals surface area contributed by atoms with Crippen molar-refractivity contribution in [2.75, 3.05) is 0 Å². The summed E-state index contributed by atoms with van der Waals surface area (Å²) >= 11 is 3.18. The fourth-order valence-electron chi connectivity index (χ4n) is 2.11. The van der Waals surface area contributed by atoms with Crippen molar-refractivity contribution in [1.82, 2.24) is 4.98 Å². The van der Waals surface area contributed by atoms with Crippen LogP contribution < -0.4 is 0 Å².